The molecule has 1 saturated heterocycles. The van der Waals surface area contributed by atoms with Crippen LogP contribution >= 0.6 is 0 Å². The minimum absolute atomic E-state index is 0.0262. The van der Waals surface area contributed by atoms with Crippen LogP contribution < -0.4 is 5.32 Å². The lowest BCUT2D eigenvalue weighted by Gasteiger charge is -2.23. The van der Waals surface area contributed by atoms with Crippen LogP contribution in [0, 0.1) is 0 Å². The van der Waals surface area contributed by atoms with E-state index < -0.39 is 0 Å². The molecule has 3 heteroatoms. The van der Waals surface area contributed by atoms with Gasteiger partial charge in [0.2, 0.25) is 5.91 Å². The predicted octanol–water partition coefficient (Wildman–Crippen LogP) is 3.88. The average Bonchev–Trinajstić information content (AvgIpc) is 2.89. The van der Waals surface area contributed by atoms with Gasteiger partial charge in [-0.1, -0.05) is 39.0 Å². The van der Waals surface area contributed by atoms with E-state index in [0.717, 1.165) is 31.6 Å². The van der Waals surface area contributed by atoms with Gasteiger partial charge in [0.15, 0.2) is 0 Å². The lowest BCUT2D eigenvalue weighted by atomic mass is 9.86. The number of benzene rings is 1. The molecule has 1 aromatic rings. The van der Waals surface area contributed by atoms with Crippen LogP contribution in [0.3, 0.4) is 0 Å². The Morgan fingerprint density at radius 2 is 2.10 bits per heavy atom. The lowest BCUT2D eigenvalue weighted by Crippen LogP contribution is -2.19. The van der Waals surface area contributed by atoms with Crippen LogP contribution in [0.2, 0.25) is 0 Å². The number of para-hydroxylation sites is 1. The molecule has 0 bridgehead atoms. The van der Waals surface area contributed by atoms with E-state index in [1.807, 2.05) is 18.2 Å². The summed E-state index contributed by atoms with van der Waals surface area (Å²) in [5, 5.41) is 3.05. The van der Waals surface area contributed by atoms with Crippen molar-refractivity contribution < 1.29 is 9.53 Å². The molecule has 1 heterocycles. The van der Waals surface area contributed by atoms with Crippen LogP contribution in [0.25, 0.3) is 0 Å². The van der Waals surface area contributed by atoms with Crippen LogP contribution in [0.1, 0.15) is 52.0 Å². The van der Waals surface area contributed by atoms with Crippen molar-refractivity contribution >= 4 is 11.6 Å². The van der Waals surface area contributed by atoms with E-state index >= 15 is 0 Å². The highest BCUT2D eigenvalue weighted by molar-refractivity contribution is 5.91. The molecule has 1 atom stereocenters. The fourth-order valence-electron chi connectivity index (χ4n) is 2.62. The second-order valence-electron chi connectivity index (χ2n) is 6.52. The maximum atomic E-state index is 12.1. The zero-order valence-corrected chi connectivity index (χ0v) is 12.7. The minimum atomic E-state index is 0.0262. The molecule has 0 aromatic heterocycles. The number of rotatable bonds is 4. The standard InChI is InChI=1S/C17H25NO2/c1-17(2,3)14-8-4-5-9-15(14)18-16(19)11-10-13-7-6-12-20-13/h4-5,8-9,13H,6-7,10-12H2,1-3H3,(H,18,19). The topological polar surface area (TPSA) is 38.3 Å². The van der Waals surface area contributed by atoms with Crippen molar-refractivity contribution in [1.29, 1.82) is 0 Å². The Bertz CT molecular complexity index is 456. The molecule has 0 saturated carbocycles. The molecule has 110 valence electrons. The molecule has 0 spiro atoms. The molecule has 0 aliphatic carbocycles. The number of anilines is 1. The zero-order valence-electron chi connectivity index (χ0n) is 12.7. The third-order valence-electron chi connectivity index (χ3n) is 3.73. The summed E-state index contributed by atoms with van der Waals surface area (Å²) in [4.78, 5) is 12.1. The van der Waals surface area contributed by atoms with Gasteiger partial charge < -0.3 is 10.1 Å². The molecule has 1 aliphatic rings. The van der Waals surface area contributed by atoms with Crippen LogP contribution in [0.15, 0.2) is 24.3 Å². The second kappa shape index (κ2) is 6.40. The van der Waals surface area contributed by atoms with Gasteiger partial charge in [0.25, 0.3) is 0 Å². The smallest absolute Gasteiger partial charge is 0.224 e. The summed E-state index contributed by atoms with van der Waals surface area (Å²) < 4.78 is 5.55. The first-order valence-electron chi connectivity index (χ1n) is 7.48. The van der Waals surface area contributed by atoms with Crippen LogP contribution in [-0.2, 0) is 14.9 Å². The van der Waals surface area contributed by atoms with Gasteiger partial charge in [0.05, 0.1) is 6.10 Å². The van der Waals surface area contributed by atoms with Crippen LogP contribution in [0.5, 0.6) is 0 Å². The minimum Gasteiger partial charge on any atom is -0.378 e. The van der Waals surface area contributed by atoms with Crippen LogP contribution in [0.4, 0.5) is 5.69 Å². The van der Waals surface area contributed by atoms with Gasteiger partial charge in [0.1, 0.15) is 0 Å². The Balaban J connectivity index is 1.93. The number of hydrogen-bond acceptors (Lipinski definition) is 2. The third kappa shape index (κ3) is 4.07. The van der Waals surface area contributed by atoms with E-state index in [-0.39, 0.29) is 17.4 Å². The van der Waals surface area contributed by atoms with Crippen molar-refractivity contribution in [3.05, 3.63) is 29.8 Å². The average molecular weight is 275 g/mol. The van der Waals surface area contributed by atoms with E-state index in [0.29, 0.717) is 6.42 Å². The maximum absolute atomic E-state index is 12.1. The molecule has 1 amide bonds. The van der Waals surface area contributed by atoms with E-state index in [9.17, 15) is 4.79 Å². The van der Waals surface area contributed by atoms with E-state index in [1.54, 1.807) is 0 Å². The Hall–Kier alpha value is -1.35. The maximum Gasteiger partial charge on any atom is 0.224 e. The van der Waals surface area contributed by atoms with Gasteiger partial charge in [-0.05, 0) is 36.3 Å². The van der Waals surface area contributed by atoms with Gasteiger partial charge in [-0.2, -0.15) is 0 Å². The Kier molecular flexibility index (Phi) is 4.81. The van der Waals surface area contributed by atoms with Crippen molar-refractivity contribution in [2.45, 2.75) is 58.0 Å². The van der Waals surface area contributed by atoms with E-state index in [2.05, 4.69) is 32.2 Å². The molecule has 1 fully saturated rings. The van der Waals surface area contributed by atoms with Crippen molar-refractivity contribution in [3.8, 4) is 0 Å². The summed E-state index contributed by atoms with van der Waals surface area (Å²) in [7, 11) is 0. The quantitative estimate of drug-likeness (QED) is 0.905. The first kappa shape index (κ1) is 15.0. The van der Waals surface area contributed by atoms with Gasteiger partial charge in [-0.25, -0.2) is 0 Å². The fraction of sp³-hybridized carbons (Fsp3) is 0.588. The van der Waals surface area contributed by atoms with Crippen molar-refractivity contribution in [2.75, 3.05) is 11.9 Å². The SMILES string of the molecule is CC(C)(C)c1ccccc1NC(=O)CCC1CCCO1. The van der Waals surface area contributed by atoms with E-state index in [1.165, 1.54) is 5.56 Å². The molecular weight excluding hydrogens is 250 g/mol. The van der Waals surface area contributed by atoms with Gasteiger partial charge >= 0.3 is 0 Å². The number of carbonyl (C=O) groups excluding carboxylic acids is 1. The second-order valence-corrected chi connectivity index (χ2v) is 6.52. The third-order valence-corrected chi connectivity index (χ3v) is 3.73. The lowest BCUT2D eigenvalue weighted by molar-refractivity contribution is -0.116. The molecule has 2 rings (SSSR count). The zero-order chi connectivity index (χ0) is 14.6. The molecule has 3 nitrogen and oxygen atoms in total. The fourth-order valence-corrected chi connectivity index (χ4v) is 2.62. The van der Waals surface area contributed by atoms with Gasteiger partial charge in [0, 0.05) is 18.7 Å². The van der Waals surface area contributed by atoms with Crippen LogP contribution in [-0.4, -0.2) is 18.6 Å². The first-order chi connectivity index (χ1) is 9.47. The summed E-state index contributed by atoms with van der Waals surface area (Å²) >= 11 is 0. The number of ether oxygens (including phenoxy) is 1. The summed E-state index contributed by atoms with van der Waals surface area (Å²) in [5.41, 5.74) is 2.13. The monoisotopic (exact) mass is 275 g/mol. The Morgan fingerprint density at radius 3 is 2.75 bits per heavy atom. The molecule has 1 aliphatic heterocycles. The summed E-state index contributed by atoms with van der Waals surface area (Å²) in [6.45, 7) is 7.32. The van der Waals surface area contributed by atoms with Crippen molar-refractivity contribution in [2.24, 2.45) is 0 Å². The first-order valence-corrected chi connectivity index (χ1v) is 7.48. The Labute approximate surface area is 121 Å². The summed E-state index contributed by atoms with van der Waals surface area (Å²) in [6.07, 6.45) is 3.84. The number of hydrogen-bond donors (Lipinski definition) is 1. The highest BCUT2D eigenvalue weighted by atomic mass is 16.5. The van der Waals surface area contributed by atoms with Crippen molar-refractivity contribution in [1.82, 2.24) is 0 Å². The predicted molar refractivity (Wildman–Crippen MR) is 82.0 cm³/mol. The molecule has 1 N–H and O–H groups in total. The molecule has 1 unspecified atom stereocenters. The molecular formula is C17H25NO2. The largest absolute Gasteiger partial charge is 0.378 e. The van der Waals surface area contributed by atoms with Gasteiger partial charge in [-0.15, -0.1) is 0 Å². The highest BCUT2D eigenvalue weighted by Gasteiger charge is 2.20. The normalized spacial score (nSPS) is 19.1. The van der Waals surface area contributed by atoms with Gasteiger partial charge in [-0.3, -0.25) is 4.79 Å². The number of amides is 1. The Morgan fingerprint density at radius 1 is 1.35 bits per heavy atom. The molecule has 20 heavy (non-hydrogen) atoms. The molecule has 0 radical (unpaired) electrons. The number of nitrogens with one attached hydrogen (secondary N) is 1. The summed E-state index contributed by atoms with van der Waals surface area (Å²) in [6, 6.07) is 8.04. The van der Waals surface area contributed by atoms with E-state index in [4.69, 9.17) is 4.74 Å². The number of carbonyl (C=O) groups is 1. The summed E-state index contributed by atoms with van der Waals surface area (Å²) in [5.74, 6) is 0.0807. The molecule has 1 aromatic carbocycles. The van der Waals surface area contributed by atoms with Crippen molar-refractivity contribution in [3.63, 3.8) is 0 Å². The highest BCUT2D eigenvalue weighted by Crippen LogP contribution is 2.29.